The number of hydrogen-bond donors (Lipinski definition) is 1. The van der Waals surface area contributed by atoms with Gasteiger partial charge < -0.3 is 10.5 Å². The molecule has 0 heterocycles. The van der Waals surface area contributed by atoms with Gasteiger partial charge in [-0.15, -0.1) is 0 Å². The number of hydrogen-bond acceptors (Lipinski definition) is 2. The number of halogens is 3. The Morgan fingerprint density at radius 3 is 2.53 bits per heavy atom. The maximum Gasteiger partial charge on any atom is 0.134 e. The Kier molecular flexibility index (Phi) is 5.28. The minimum atomic E-state index is 0.421. The predicted octanol–water partition coefficient (Wildman–Crippen LogP) is 4.90. The number of rotatable bonds is 4. The number of benzene rings is 2. The van der Waals surface area contributed by atoms with Crippen molar-refractivity contribution in [2.45, 2.75) is 13.2 Å². The van der Waals surface area contributed by atoms with Crippen molar-refractivity contribution in [2.75, 3.05) is 0 Å². The number of ether oxygens (including phenoxy) is 1. The van der Waals surface area contributed by atoms with E-state index in [2.05, 4.69) is 31.9 Å². The van der Waals surface area contributed by atoms with Gasteiger partial charge in [-0.25, -0.2) is 0 Å². The molecule has 0 aliphatic rings. The molecule has 0 fully saturated rings. The van der Waals surface area contributed by atoms with E-state index in [1.54, 1.807) is 0 Å². The maximum atomic E-state index is 6.18. The zero-order chi connectivity index (χ0) is 13.8. The Labute approximate surface area is 134 Å². The van der Waals surface area contributed by atoms with E-state index in [1.165, 1.54) is 0 Å². The van der Waals surface area contributed by atoms with Crippen molar-refractivity contribution < 1.29 is 4.74 Å². The third-order valence-corrected chi connectivity index (χ3v) is 4.10. The molecule has 0 aliphatic heterocycles. The molecule has 2 rings (SSSR count). The summed E-state index contributed by atoms with van der Waals surface area (Å²) in [4.78, 5) is 0. The van der Waals surface area contributed by atoms with Gasteiger partial charge in [0.2, 0.25) is 0 Å². The Balaban J connectivity index is 2.10. The quantitative estimate of drug-likeness (QED) is 0.785. The Bertz CT molecular complexity index is 590. The first-order chi connectivity index (χ1) is 9.10. The molecule has 0 radical (unpaired) electrons. The Morgan fingerprint density at radius 1 is 1.11 bits per heavy atom. The van der Waals surface area contributed by atoms with Crippen molar-refractivity contribution in [3.8, 4) is 5.75 Å². The second-order valence-corrected chi connectivity index (χ2v) is 6.17. The topological polar surface area (TPSA) is 35.2 Å². The largest absolute Gasteiger partial charge is 0.488 e. The Morgan fingerprint density at radius 2 is 1.89 bits per heavy atom. The molecule has 0 saturated heterocycles. The smallest absolute Gasteiger partial charge is 0.134 e. The fourth-order valence-electron chi connectivity index (χ4n) is 1.58. The van der Waals surface area contributed by atoms with Gasteiger partial charge in [0.25, 0.3) is 0 Å². The van der Waals surface area contributed by atoms with Gasteiger partial charge in [-0.1, -0.05) is 39.7 Å². The number of nitrogens with two attached hydrogens (primary N) is 1. The van der Waals surface area contributed by atoms with E-state index in [0.29, 0.717) is 18.2 Å². The molecular weight excluding hydrogens is 393 g/mol. The zero-order valence-electron chi connectivity index (χ0n) is 10.00. The lowest BCUT2D eigenvalue weighted by molar-refractivity contribution is 0.304. The average Bonchev–Trinajstić information content (AvgIpc) is 2.39. The molecule has 2 aromatic carbocycles. The maximum absolute atomic E-state index is 6.18. The highest BCUT2D eigenvalue weighted by molar-refractivity contribution is 9.11. The summed E-state index contributed by atoms with van der Waals surface area (Å²) in [6, 6.07) is 11.5. The van der Waals surface area contributed by atoms with Gasteiger partial charge in [-0.2, -0.15) is 0 Å². The van der Waals surface area contributed by atoms with Crippen LogP contribution in [0.15, 0.2) is 45.3 Å². The van der Waals surface area contributed by atoms with Crippen LogP contribution in [0.4, 0.5) is 0 Å². The summed E-state index contributed by atoms with van der Waals surface area (Å²) in [7, 11) is 0. The molecule has 0 spiro atoms. The first-order valence-corrected chi connectivity index (χ1v) is 7.62. The van der Waals surface area contributed by atoms with E-state index < -0.39 is 0 Å². The molecule has 2 N–H and O–H groups in total. The van der Waals surface area contributed by atoms with Crippen molar-refractivity contribution in [1.29, 1.82) is 0 Å². The third kappa shape index (κ3) is 3.96. The fraction of sp³-hybridized carbons (Fsp3) is 0.143. The molecule has 0 atom stereocenters. The lowest BCUT2D eigenvalue weighted by Crippen LogP contribution is -2.00. The van der Waals surface area contributed by atoms with Crippen LogP contribution in [0.1, 0.15) is 11.1 Å². The monoisotopic (exact) mass is 403 g/mol. The Hall–Kier alpha value is -0.550. The molecule has 0 unspecified atom stereocenters. The van der Waals surface area contributed by atoms with Gasteiger partial charge in [0.15, 0.2) is 0 Å². The molecule has 100 valence electrons. The van der Waals surface area contributed by atoms with Crippen molar-refractivity contribution in [3.63, 3.8) is 0 Å². The van der Waals surface area contributed by atoms with E-state index >= 15 is 0 Å². The predicted molar refractivity (Wildman–Crippen MR) is 85.5 cm³/mol. The molecule has 0 aliphatic carbocycles. The SMILES string of the molecule is NCc1ccc(COc2ccc(Br)cc2Br)c(Cl)c1. The van der Waals surface area contributed by atoms with Crippen LogP contribution in [0, 0.1) is 0 Å². The van der Waals surface area contributed by atoms with E-state index in [4.69, 9.17) is 22.1 Å². The first kappa shape index (κ1) is 14.9. The third-order valence-electron chi connectivity index (χ3n) is 2.63. The fourth-order valence-corrected chi connectivity index (χ4v) is 3.00. The summed E-state index contributed by atoms with van der Waals surface area (Å²) < 4.78 is 7.65. The normalized spacial score (nSPS) is 10.5. The van der Waals surface area contributed by atoms with Crippen LogP contribution in [0.3, 0.4) is 0 Å². The van der Waals surface area contributed by atoms with E-state index in [-0.39, 0.29) is 0 Å². The highest BCUT2D eigenvalue weighted by atomic mass is 79.9. The molecule has 2 nitrogen and oxygen atoms in total. The second kappa shape index (κ2) is 6.75. The van der Waals surface area contributed by atoms with E-state index in [0.717, 1.165) is 25.8 Å². The van der Waals surface area contributed by atoms with E-state index in [9.17, 15) is 0 Å². The van der Waals surface area contributed by atoms with Gasteiger partial charge in [0.05, 0.1) is 4.47 Å². The summed E-state index contributed by atoms with van der Waals surface area (Å²) in [5, 5.41) is 0.677. The molecule has 5 heteroatoms. The van der Waals surface area contributed by atoms with Crippen molar-refractivity contribution >= 4 is 43.5 Å². The first-order valence-electron chi connectivity index (χ1n) is 5.65. The van der Waals surface area contributed by atoms with Crippen LogP contribution in [-0.4, -0.2) is 0 Å². The summed E-state index contributed by atoms with van der Waals surface area (Å²) in [5.74, 6) is 0.780. The summed E-state index contributed by atoms with van der Waals surface area (Å²) >= 11 is 13.0. The van der Waals surface area contributed by atoms with Gasteiger partial charge in [0, 0.05) is 21.6 Å². The summed E-state index contributed by atoms with van der Waals surface area (Å²) in [5.41, 5.74) is 7.52. The molecular formula is C14H12Br2ClNO. The van der Waals surface area contributed by atoms with Crippen LogP contribution >= 0.6 is 43.5 Å². The molecule has 2 aromatic rings. The van der Waals surface area contributed by atoms with Crippen molar-refractivity contribution in [3.05, 3.63) is 61.5 Å². The van der Waals surface area contributed by atoms with Gasteiger partial charge in [0.1, 0.15) is 12.4 Å². The van der Waals surface area contributed by atoms with Gasteiger partial charge in [-0.05, 0) is 45.8 Å². The standard InChI is InChI=1S/C14H12Br2ClNO/c15-11-3-4-14(12(16)6-11)19-8-10-2-1-9(7-18)5-13(10)17/h1-6H,7-8,18H2. The van der Waals surface area contributed by atoms with Gasteiger partial charge in [-0.3, -0.25) is 0 Å². The van der Waals surface area contributed by atoms with Crippen molar-refractivity contribution in [1.82, 2.24) is 0 Å². The van der Waals surface area contributed by atoms with Crippen molar-refractivity contribution in [2.24, 2.45) is 5.73 Å². The lowest BCUT2D eigenvalue weighted by Gasteiger charge is -2.10. The zero-order valence-corrected chi connectivity index (χ0v) is 13.9. The van der Waals surface area contributed by atoms with E-state index in [1.807, 2.05) is 36.4 Å². The van der Waals surface area contributed by atoms with Gasteiger partial charge >= 0.3 is 0 Å². The molecule has 0 amide bonds. The second-order valence-electron chi connectivity index (χ2n) is 3.99. The average molecular weight is 406 g/mol. The molecule has 19 heavy (non-hydrogen) atoms. The van der Waals surface area contributed by atoms with Crippen LogP contribution in [0.25, 0.3) is 0 Å². The van der Waals surface area contributed by atoms with Crippen LogP contribution in [0.5, 0.6) is 5.75 Å². The molecule has 0 aromatic heterocycles. The van der Waals surface area contributed by atoms with Crippen LogP contribution in [0.2, 0.25) is 5.02 Å². The minimum absolute atomic E-state index is 0.421. The summed E-state index contributed by atoms with van der Waals surface area (Å²) in [6.45, 7) is 0.906. The van der Waals surface area contributed by atoms with Crippen LogP contribution < -0.4 is 10.5 Å². The lowest BCUT2D eigenvalue weighted by atomic mass is 10.1. The minimum Gasteiger partial charge on any atom is -0.488 e. The highest BCUT2D eigenvalue weighted by Crippen LogP contribution is 2.29. The molecule has 0 saturated carbocycles. The molecule has 0 bridgehead atoms. The summed E-state index contributed by atoms with van der Waals surface area (Å²) in [6.07, 6.45) is 0. The highest BCUT2D eigenvalue weighted by Gasteiger charge is 2.05. The van der Waals surface area contributed by atoms with Crippen LogP contribution in [-0.2, 0) is 13.2 Å².